The average molecular weight is 344 g/mol. The van der Waals surface area contributed by atoms with E-state index in [0.717, 1.165) is 0 Å². The first-order valence-corrected chi connectivity index (χ1v) is 7.12. The Morgan fingerprint density at radius 1 is 1.36 bits per heavy atom. The van der Waals surface area contributed by atoms with E-state index in [2.05, 4.69) is 10.5 Å². The van der Waals surface area contributed by atoms with Crippen LogP contribution in [-0.2, 0) is 6.61 Å². The molecule has 9 heteroatoms. The Labute approximate surface area is 143 Å². The minimum atomic E-state index is -0.765. The normalized spacial score (nSPS) is 10.4. The molecule has 25 heavy (non-hydrogen) atoms. The second-order valence-electron chi connectivity index (χ2n) is 4.85. The third kappa shape index (κ3) is 5.20. The maximum atomic E-state index is 10.8. The monoisotopic (exact) mass is 344 g/mol. The van der Waals surface area contributed by atoms with E-state index in [4.69, 9.17) is 15.2 Å². The zero-order valence-corrected chi connectivity index (χ0v) is 13.3. The number of nitrogens with two attached hydrogens (primary N) is 1. The van der Waals surface area contributed by atoms with E-state index >= 15 is 0 Å². The molecule has 0 radical (unpaired) electrons. The molecule has 0 saturated heterocycles. The lowest BCUT2D eigenvalue weighted by Gasteiger charge is -2.11. The summed E-state index contributed by atoms with van der Waals surface area (Å²) in [6, 6.07) is 10.3. The van der Waals surface area contributed by atoms with Gasteiger partial charge in [0.2, 0.25) is 0 Å². The van der Waals surface area contributed by atoms with Crippen molar-refractivity contribution in [2.75, 3.05) is 7.11 Å². The number of methoxy groups -OCH3 is 1. The minimum Gasteiger partial charge on any atom is -0.496 e. The number of nitrogens with zero attached hydrogens (tertiary/aromatic N) is 2. The lowest BCUT2D eigenvalue weighted by molar-refractivity contribution is -0.384. The van der Waals surface area contributed by atoms with Crippen molar-refractivity contribution in [2.45, 2.75) is 6.61 Å². The number of urea groups is 1. The number of rotatable bonds is 7. The first-order valence-electron chi connectivity index (χ1n) is 7.12. The number of carbonyl (C=O) groups excluding carboxylic acids is 1. The van der Waals surface area contributed by atoms with Crippen molar-refractivity contribution in [3.63, 3.8) is 0 Å². The Balaban J connectivity index is 2.14. The predicted octanol–water partition coefficient (Wildman–Crippen LogP) is 2.18. The molecule has 0 aliphatic rings. The number of hydrogen-bond acceptors (Lipinski definition) is 6. The van der Waals surface area contributed by atoms with Crippen molar-refractivity contribution in [3.05, 3.63) is 63.7 Å². The summed E-state index contributed by atoms with van der Waals surface area (Å²) in [5, 5.41) is 14.5. The van der Waals surface area contributed by atoms with Gasteiger partial charge in [0, 0.05) is 11.6 Å². The molecule has 0 bridgehead atoms. The van der Waals surface area contributed by atoms with Crippen LogP contribution in [0, 0.1) is 10.1 Å². The number of nitro groups is 1. The molecule has 130 valence electrons. The summed E-state index contributed by atoms with van der Waals surface area (Å²) in [6.07, 6.45) is 1.42. The van der Waals surface area contributed by atoms with Crippen molar-refractivity contribution >= 4 is 17.9 Å². The summed E-state index contributed by atoms with van der Waals surface area (Å²) in [6.45, 7) is 0.134. The van der Waals surface area contributed by atoms with E-state index in [1.54, 1.807) is 30.3 Å². The van der Waals surface area contributed by atoms with Crippen LogP contribution in [-0.4, -0.2) is 24.3 Å². The summed E-state index contributed by atoms with van der Waals surface area (Å²) in [5.74, 6) is 0.955. The second-order valence-corrected chi connectivity index (χ2v) is 4.85. The van der Waals surface area contributed by atoms with E-state index in [1.165, 1.54) is 25.5 Å². The van der Waals surface area contributed by atoms with Gasteiger partial charge in [0.05, 0.1) is 24.3 Å². The van der Waals surface area contributed by atoms with Crippen LogP contribution in [0.3, 0.4) is 0 Å². The molecule has 0 aliphatic carbocycles. The lowest BCUT2D eigenvalue weighted by Crippen LogP contribution is -2.24. The van der Waals surface area contributed by atoms with Crippen LogP contribution >= 0.6 is 0 Å². The highest BCUT2D eigenvalue weighted by atomic mass is 16.6. The average Bonchev–Trinajstić information content (AvgIpc) is 2.60. The number of carbonyl (C=O) groups is 1. The molecule has 0 atom stereocenters. The highest BCUT2D eigenvalue weighted by molar-refractivity contribution is 5.82. The minimum absolute atomic E-state index is 0.0529. The molecule has 0 unspecified atom stereocenters. The zero-order valence-electron chi connectivity index (χ0n) is 13.3. The maximum Gasteiger partial charge on any atom is 0.332 e. The number of non-ortho nitro benzene ring substituents is 1. The van der Waals surface area contributed by atoms with E-state index in [-0.39, 0.29) is 12.3 Å². The van der Waals surface area contributed by atoms with Crippen LogP contribution in [0.5, 0.6) is 11.5 Å². The molecule has 0 aromatic heterocycles. The molecule has 2 aromatic carbocycles. The molecule has 2 amide bonds. The first kappa shape index (κ1) is 17.7. The van der Waals surface area contributed by atoms with Crippen LogP contribution in [0.25, 0.3) is 0 Å². The van der Waals surface area contributed by atoms with E-state index in [9.17, 15) is 14.9 Å². The Morgan fingerprint density at radius 2 is 2.16 bits per heavy atom. The number of nitrogens with one attached hydrogen (secondary N) is 1. The van der Waals surface area contributed by atoms with Crippen molar-refractivity contribution in [2.24, 2.45) is 10.8 Å². The lowest BCUT2D eigenvalue weighted by atomic mass is 10.1. The fourth-order valence-electron chi connectivity index (χ4n) is 2.01. The summed E-state index contributed by atoms with van der Waals surface area (Å²) in [5.41, 5.74) is 8.36. The predicted molar refractivity (Wildman–Crippen MR) is 90.7 cm³/mol. The van der Waals surface area contributed by atoms with Gasteiger partial charge in [-0.25, -0.2) is 10.2 Å². The molecule has 0 aliphatic heterocycles. The molecular formula is C16H16N4O5. The van der Waals surface area contributed by atoms with Crippen LogP contribution < -0.4 is 20.6 Å². The van der Waals surface area contributed by atoms with Crippen LogP contribution in [0.4, 0.5) is 10.5 Å². The van der Waals surface area contributed by atoms with Crippen molar-refractivity contribution < 1.29 is 19.2 Å². The van der Waals surface area contributed by atoms with Gasteiger partial charge in [-0.1, -0.05) is 6.07 Å². The van der Waals surface area contributed by atoms with Crippen LogP contribution in [0.1, 0.15) is 11.1 Å². The number of hydrazone groups is 1. The van der Waals surface area contributed by atoms with Gasteiger partial charge in [-0.3, -0.25) is 10.1 Å². The quantitative estimate of drug-likeness (QED) is 0.452. The van der Waals surface area contributed by atoms with Gasteiger partial charge in [-0.2, -0.15) is 5.10 Å². The summed E-state index contributed by atoms with van der Waals surface area (Å²) in [4.78, 5) is 20.9. The molecule has 2 aromatic rings. The zero-order chi connectivity index (χ0) is 18.2. The molecular weight excluding hydrogens is 328 g/mol. The smallest absolute Gasteiger partial charge is 0.332 e. The Kier molecular flexibility index (Phi) is 5.88. The van der Waals surface area contributed by atoms with Crippen LogP contribution in [0.15, 0.2) is 47.6 Å². The Hall–Kier alpha value is -3.62. The van der Waals surface area contributed by atoms with E-state index < -0.39 is 11.0 Å². The van der Waals surface area contributed by atoms with Crippen molar-refractivity contribution in [1.29, 1.82) is 0 Å². The highest BCUT2D eigenvalue weighted by Crippen LogP contribution is 2.24. The van der Waals surface area contributed by atoms with Gasteiger partial charge in [-0.05, 0) is 29.8 Å². The second kappa shape index (κ2) is 8.29. The maximum absolute atomic E-state index is 10.8. The summed E-state index contributed by atoms with van der Waals surface area (Å²) in [7, 11) is 1.52. The Morgan fingerprint density at radius 3 is 2.84 bits per heavy atom. The van der Waals surface area contributed by atoms with Gasteiger partial charge in [0.1, 0.15) is 18.1 Å². The summed E-state index contributed by atoms with van der Waals surface area (Å²) >= 11 is 0. The Bertz CT molecular complexity index is 807. The van der Waals surface area contributed by atoms with Gasteiger partial charge >= 0.3 is 6.03 Å². The molecule has 0 heterocycles. The number of ether oxygens (including phenoxy) is 2. The summed E-state index contributed by atoms with van der Waals surface area (Å²) < 4.78 is 10.9. The SMILES string of the molecule is COc1ccc(C=NNC(N)=O)cc1COc1cccc([N+](=O)[O-])c1. The first-order chi connectivity index (χ1) is 12.0. The topological polar surface area (TPSA) is 129 Å². The third-order valence-electron chi connectivity index (χ3n) is 3.12. The van der Waals surface area contributed by atoms with Gasteiger partial charge in [0.25, 0.3) is 5.69 Å². The molecule has 0 fully saturated rings. The molecule has 2 rings (SSSR count). The highest BCUT2D eigenvalue weighted by Gasteiger charge is 2.09. The molecule has 0 saturated carbocycles. The standard InChI is InChI=1S/C16H16N4O5/c1-24-15-6-5-11(9-18-19-16(17)21)7-12(15)10-25-14-4-2-3-13(8-14)20(22)23/h2-9H,10H2,1H3,(H3,17,19,21). The van der Waals surface area contributed by atoms with Crippen LogP contribution in [0.2, 0.25) is 0 Å². The van der Waals surface area contributed by atoms with Gasteiger partial charge in [-0.15, -0.1) is 0 Å². The number of nitro benzene ring substituents is 1. The largest absolute Gasteiger partial charge is 0.496 e. The van der Waals surface area contributed by atoms with Gasteiger partial charge < -0.3 is 15.2 Å². The number of hydrogen-bond donors (Lipinski definition) is 2. The van der Waals surface area contributed by atoms with Crippen molar-refractivity contribution in [3.8, 4) is 11.5 Å². The molecule has 0 spiro atoms. The number of amides is 2. The van der Waals surface area contributed by atoms with E-state index in [1.807, 2.05) is 0 Å². The number of primary amides is 1. The third-order valence-corrected chi connectivity index (χ3v) is 3.12. The fraction of sp³-hybridized carbons (Fsp3) is 0.125. The number of benzene rings is 2. The fourth-order valence-corrected chi connectivity index (χ4v) is 2.01. The van der Waals surface area contributed by atoms with Gasteiger partial charge in [0.15, 0.2) is 0 Å². The molecule has 9 nitrogen and oxygen atoms in total. The van der Waals surface area contributed by atoms with E-state index in [0.29, 0.717) is 22.6 Å². The van der Waals surface area contributed by atoms with Crippen molar-refractivity contribution in [1.82, 2.24) is 5.43 Å². The molecule has 3 N–H and O–H groups in total.